The van der Waals surface area contributed by atoms with Crippen LogP contribution in [-0.2, 0) is 15.8 Å². The highest BCUT2D eigenvalue weighted by Gasteiger charge is 2.36. The van der Waals surface area contributed by atoms with Gasteiger partial charge in [-0.05, 0) is 38.8 Å². The van der Waals surface area contributed by atoms with Gasteiger partial charge in [-0.1, -0.05) is 37.3 Å². The number of ether oxygens (including phenoxy) is 1. The third-order valence-corrected chi connectivity index (χ3v) is 5.85. The van der Waals surface area contributed by atoms with E-state index >= 15 is 0 Å². The fourth-order valence-corrected chi connectivity index (χ4v) is 4.13. The third-order valence-electron chi connectivity index (χ3n) is 5.85. The Labute approximate surface area is 176 Å². The van der Waals surface area contributed by atoms with Gasteiger partial charge in [-0.2, -0.15) is 0 Å². The number of fused-ring (bicyclic) bond motifs is 1. The Hall–Kier alpha value is -2.93. The predicted molar refractivity (Wildman–Crippen MR) is 115 cm³/mol. The van der Waals surface area contributed by atoms with Crippen molar-refractivity contribution in [3.8, 4) is 0 Å². The summed E-state index contributed by atoms with van der Waals surface area (Å²) in [5, 5.41) is 15.1. The molecule has 2 aromatic heterocycles. The Morgan fingerprint density at radius 2 is 2.03 bits per heavy atom. The lowest BCUT2D eigenvalue weighted by atomic mass is 9.82. The lowest BCUT2D eigenvalue weighted by Gasteiger charge is -2.27. The standard InChI is InChI=1S/C23H28N4O3/c1-5-30-21(28)19-24-20-18(22(2,3)29)13-17(14-27(20)25-19)26-12-11-23(4,15-26)16-9-7-6-8-10-16/h6-10,13-14,29H,5,11-12,15H2,1-4H3/t23-/m0/s1. The number of hydrogen-bond donors (Lipinski definition) is 1. The van der Waals surface area contributed by atoms with Gasteiger partial charge in [0, 0.05) is 24.1 Å². The molecular formula is C23H28N4O3. The van der Waals surface area contributed by atoms with Crippen LogP contribution in [0.3, 0.4) is 0 Å². The van der Waals surface area contributed by atoms with Gasteiger partial charge in [0.05, 0.1) is 24.1 Å². The smallest absolute Gasteiger partial charge is 0.378 e. The Morgan fingerprint density at radius 3 is 2.70 bits per heavy atom. The summed E-state index contributed by atoms with van der Waals surface area (Å²) in [6.07, 6.45) is 2.90. The molecule has 1 aromatic carbocycles. The molecule has 7 heteroatoms. The minimum absolute atomic E-state index is 0.00459. The Morgan fingerprint density at radius 1 is 1.30 bits per heavy atom. The summed E-state index contributed by atoms with van der Waals surface area (Å²) in [5.41, 5.74) is 2.25. The molecule has 30 heavy (non-hydrogen) atoms. The molecule has 0 aliphatic carbocycles. The van der Waals surface area contributed by atoms with Gasteiger partial charge in [-0.25, -0.2) is 14.3 Å². The molecule has 0 amide bonds. The first kappa shape index (κ1) is 20.3. The molecule has 1 saturated heterocycles. The van der Waals surface area contributed by atoms with Crippen LogP contribution in [0, 0.1) is 0 Å². The average Bonchev–Trinajstić information content (AvgIpc) is 3.32. The summed E-state index contributed by atoms with van der Waals surface area (Å²) < 4.78 is 6.62. The van der Waals surface area contributed by atoms with Crippen molar-refractivity contribution in [1.29, 1.82) is 0 Å². The maximum atomic E-state index is 12.1. The quantitative estimate of drug-likeness (QED) is 0.653. The topological polar surface area (TPSA) is 80.0 Å². The first-order chi connectivity index (χ1) is 14.2. The molecule has 3 aromatic rings. The van der Waals surface area contributed by atoms with Gasteiger partial charge in [-0.3, -0.25) is 0 Å². The van der Waals surface area contributed by atoms with Crippen LogP contribution in [0.4, 0.5) is 5.69 Å². The molecule has 0 radical (unpaired) electrons. The van der Waals surface area contributed by atoms with Gasteiger partial charge in [0.25, 0.3) is 5.82 Å². The van der Waals surface area contributed by atoms with Gasteiger partial charge in [0.1, 0.15) is 0 Å². The molecule has 0 unspecified atom stereocenters. The number of esters is 1. The van der Waals surface area contributed by atoms with Crippen molar-refractivity contribution < 1.29 is 14.6 Å². The summed E-state index contributed by atoms with van der Waals surface area (Å²) >= 11 is 0. The van der Waals surface area contributed by atoms with Crippen LogP contribution in [0.2, 0.25) is 0 Å². The zero-order chi connectivity index (χ0) is 21.5. The van der Waals surface area contributed by atoms with Crippen LogP contribution in [0.15, 0.2) is 42.6 Å². The van der Waals surface area contributed by atoms with E-state index in [1.165, 1.54) is 5.56 Å². The minimum Gasteiger partial charge on any atom is -0.460 e. The van der Waals surface area contributed by atoms with Gasteiger partial charge >= 0.3 is 5.97 Å². The van der Waals surface area contributed by atoms with Gasteiger partial charge in [-0.15, -0.1) is 5.10 Å². The third kappa shape index (κ3) is 3.65. The number of anilines is 1. The van der Waals surface area contributed by atoms with E-state index in [0.717, 1.165) is 25.2 Å². The minimum atomic E-state index is -1.14. The number of rotatable bonds is 5. The second-order valence-electron chi connectivity index (χ2n) is 8.69. The number of hydrogen-bond acceptors (Lipinski definition) is 6. The predicted octanol–water partition coefficient (Wildman–Crippen LogP) is 3.30. The fraction of sp³-hybridized carbons (Fsp3) is 0.435. The number of carbonyl (C=O) groups excluding carboxylic acids is 1. The molecule has 7 nitrogen and oxygen atoms in total. The van der Waals surface area contributed by atoms with Crippen molar-refractivity contribution in [1.82, 2.24) is 14.6 Å². The SMILES string of the molecule is CCOC(=O)c1nc2c(C(C)(C)O)cc(N3CC[C@](C)(c4ccccc4)C3)cn2n1. The lowest BCUT2D eigenvalue weighted by Crippen LogP contribution is -2.28. The molecule has 1 N–H and O–H groups in total. The summed E-state index contributed by atoms with van der Waals surface area (Å²) in [4.78, 5) is 18.8. The lowest BCUT2D eigenvalue weighted by molar-refractivity contribution is 0.0512. The van der Waals surface area contributed by atoms with E-state index in [1.807, 2.05) is 18.3 Å². The Kier molecular flexibility index (Phi) is 5.02. The molecular weight excluding hydrogens is 380 g/mol. The first-order valence-corrected chi connectivity index (χ1v) is 10.3. The number of carbonyl (C=O) groups is 1. The molecule has 1 aliphatic rings. The summed E-state index contributed by atoms with van der Waals surface area (Å²) in [6.45, 7) is 9.45. The van der Waals surface area contributed by atoms with Gasteiger partial charge < -0.3 is 14.7 Å². The molecule has 0 bridgehead atoms. The number of benzene rings is 1. The molecule has 4 rings (SSSR count). The number of pyridine rings is 1. The molecule has 3 heterocycles. The van der Waals surface area contributed by atoms with E-state index in [4.69, 9.17) is 4.74 Å². The van der Waals surface area contributed by atoms with Crippen molar-refractivity contribution in [2.45, 2.75) is 45.1 Å². The second kappa shape index (κ2) is 7.40. The van der Waals surface area contributed by atoms with Crippen LogP contribution in [-0.4, -0.2) is 45.4 Å². The van der Waals surface area contributed by atoms with Crippen molar-refractivity contribution in [2.24, 2.45) is 0 Å². The van der Waals surface area contributed by atoms with E-state index in [1.54, 1.807) is 25.3 Å². The van der Waals surface area contributed by atoms with Crippen molar-refractivity contribution >= 4 is 17.3 Å². The number of aliphatic hydroxyl groups is 1. The summed E-state index contributed by atoms with van der Waals surface area (Å²) in [5.74, 6) is -0.572. The van der Waals surface area contributed by atoms with E-state index in [0.29, 0.717) is 11.2 Å². The second-order valence-corrected chi connectivity index (χ2v) is 8.69. The first-order valence-electron chi connectivity index (χ1n) is 10.3. The van der Waals surface area contributed by atoms with Crippen molar-refractivity contribution in [3.63, 3.8) is 0 Å². The van der Waals surface area contributed by atoms with Crippen LogP contribution in [0.1, 0.15) is 55.9 Å². The molecule has 1 fully saturated rings. The molecule has 0 spiro atoms. The van der Waals surface area contributed by atoms with Crippen LogP contribution in [0.5, 0.6) is 0 Å². The van der Waals surface area contributed by atoms with Gasteiger partial charge in [0.2, 0.25) is 0 Å². The highest BCUT2D eigenvalue weighted by atomic mass is 16.5. The molecule has 158 valence electrons. The summed E-state index contributed by atoms with van der Waals surface area (Å²) in [7, 11) is 0. The molecule has 1 atom stereocenters. The van der Waals surface area contributed by atoms with Crippen LogP contribution in [0.25, 0.3) is 5.65 Å². The Balaban J connectivity index is 1.74. The van der Waals surface area contributed by atoms with Crippen molar-refractivity contribution in [3.05, 3.63) is 59.5 Å². The zero-order valence-electron chi connectivity index (χ0n) is 17.9. The van der Waals surface area contributed by atoms with E-state index in [9.17, 15) is 9.90 Å². The highest BCUT2D eigenvalue weighted by Crippen LogP contribution is 2.37. The van der Waals surface area contributed by atoms with E-state index in [-0.39, 0.29) is 17.8 Å². The average molecular weight is 409 g/mol. The normalized spacial score (nSPS) is 19.4. The largest absolute Gasteiger partial charge is 0.460 e. The monoisotopic (exact) mass is 408 g/mol. The highest BCUT2D eigenvalue weighted by molar-refractivity contribution is 5.86. The zero-order valence-corrected chi connectivity index (χ0v) is 17.9. The fourth-order valence-electron chi connectivity index (χ4n) is 4.13. The van der Waals surface area contributed by atoms with Crippen LogP contribution >= 0.6 is 0 Å². The number of aromatic nitrogens is 3. The maximum Gasteiger partial charge on any atom is 0.378 e. The maximum absolute atomic E-state index is 12.1. The number of nitrogens with zero attached hydrogens (tertiary/aromatic N) is 4. The Bertz CT molecular complexity index is 1070. The molecule has 0 saturated carbocycles. The van der Waals surface area contributed by atoms with E-state index < -0.39 is 11.6 Å². The van der Waals surface area contributed by atoms with Crippen molar-refractivity contribution in [2.75, 3.05) is 24.6 Å². The van der Waals surface area contributed by atoms with E-state index in [2.05, 4.69) is 46.2 Å². The molecule has 1 aliphatic heterocycles. The van der Waals surface area contributed by atoms with Crippen LogP contribution < -0.4 is 4.90 Å². The van der Waals surface area contributed by atoms with Gasteiger partial charge in [0.15, 0.2) is 5.65 Å². The summed E-state index contributed by atoms with van der Waals surface area (Å²) in [6, 6.07) is 12.5.